The summed E-state index contributed by atoms with van der Waals surface area (Å²) in [6.45, 7) is 1.95. The number of carbonyl (C=O) groups excluding carboxylic acids is 1. The second kappa shape index (κ2) is 4.97. The van der Waals surface area contributed by atoms with Gasteiger partial charge in [-0.2, -0.15) is 0 Å². The van der Waals surface area contributed by atoms with E-state index in [9.17, 15) is 4.79 Å². The van der Waals surface area contributed by atoms with Crippen molar-refractivity contribution in [2.45, 2.75) is 6.92 Å². The summed E-state index contributed by atoms with van der Waals surface area (Å²) in [5.74, 6) is -0.232. The van der Waals surface area contributed by atoms with Crippen LogP contribution in [0.2, 0.25) is 10.0 Å². The van der Waals surface area contributed by atoms with Crippen molar-refractivity contribution < 1.29 is 4.79 Å². The van der Waals surface area contributed by atoms with Gasteiger partial charge in [-0.05, 0) is 42.8 Å². The van der Waals surface area contributed by atoms with Gasteiger partial charge in [0.1, 0.15) is 0 Å². The van der Waals surface area contributed by atoms with Crippen LogP contribution >= 0.6 is 23.2 Å². The van der Waals surface area contributed by atoms with Crippen LogP contribution in [0.15, 0.2) is 42.6 Å². The topological polar surface area (TPSA) is 22.0 Å². The molecular weight excluding hydrogens is 293 g/mol. The standard InChI is InChI=1S/C16H10Cl2NO/c1-10-9-19(14-8-3-2-5-11(10)14)16(20)15-12(17)6-4-7-13(15)18/h3-9H,1H3. The molecule has 0 bridgehead atoms. The van der Waals surface area contributed by atoms with Crippen LogP contribution in [-0.4, -0.2) is 10.5 Å². The van der Waals surface area contributed by atoms with E-state index < -0.39 is 0 Å². The predicted molar refractivity (Wildman–Crippen MR) is 81.7 cm³/mol. The van der Waals surface area contributed by atoms with Crippen LogP contribution < -0.4 is 0 Å². The molecule has 0 spiro atoms. The molecule has 0 unspecified atom stereocenters. The van der Waals surface area contributed by atoms with Crippen molar-refractivity contribution in [3.05, 3.63) is 69.8 Å². The van der Waals surface area contributed by atoms with E-state index in [2.05, 4.69) is 6.07 Å². The first kappa shape index (κ1) is 13.2. The van der Waals surface area contributed by atoms with Gasteiger partial charge in [0.05, 0.1) is 21.1 Å². The summed E-state index contributed by atoms with van der Waals surface area (Å²) < 4.78 is 1.57. The second-order valence-electron chi connectivity index (χ2n) is 4.53. The minimum atomic E-state index is -0.232. The van der Waals surface area contributed by atoms with Gasteiger partial charge in [0, 0.05) is 11.6 Å². The number of aromatic nitrogens is 1. The highest BCUT2D eigenvalue weighted by molar-refractivity contribution is 6.40. The highest BCUT2D eigenvalue weighted by Gasteiger charge is 2.18. The molecule has 99 valence electrons. The van der Waals surface area contributed by atoms with E-state index in [0.717, 1.165) is 16.5 Å². The SMILES string of the molecule is Cc1cn(C(=O)c2c(Cl)cccc2Cl)c2cc[c]cc12. The third kappa shape index (κ3) is 2.01. The van der Waals surface area contributed by atoms with Crippen LogP contribution in [0.4, 0.5) is 0 Å². The van der Waals surface area contributed by atoms with Crippen molar-refractivity contribution in [3.8, 4) is 0 Å². The number of rotatable bonds is 1. The molecule has 0 fully saturated rings. The Morgan fingerprint density at radius 3 is 2.60 bits per heavy atom. The van der Waals surface area contributed by atoms with Crippen molar-refractivity contribution in [3.63, 3.8) is 0 Å². The zero-order valence-electron chi connectivity index (χ0n) is 10.7. The number of benzene rings is 2. The van der Waals surface area contributed by atoms with Crippen LogP contribution in [0, 0.1) is 13.0 Å². The predicted octanol–water partition coefficient (Wildman–Crippen LogP) is 4.75. The number of nitrogens with zero attached hydrogens (tertiary/aromatic N) is 1. The van der Waals surface area contributed by atoms with Gasteiger partial charge in [0.15, 0.2) is 0 Å². The van der Waals surface area contributed by atoms with E-state index in [4.69, 9.17) is 23.2 Å². The fourth-order valence-corrected chi connectivity index (χ4v) is 2.83. The van der Waals surface area contributed by atoms with Crippen LogP contribution in [0.3, 0.4) is 0 Å². The number of carbonyl (C=O) groups is 1. The van der Waals surface area contributed by atoms with E-state index in [-0.39, 0.29) is 5.91 Å². The van der Waals surface area contributed by atoms with E-state index in [1.165, 1.54) is 0 Å². The normalized spacial score (nSPS) is 10.9. The van der Waals surface area contributed by atoms with Gasteiger partial charge in [-0.1, -0.05) is 35.3 Å². The number of fused-ring (bicyclic) bond motifs is 1. The molecule has 0 aliphatic rings. The molecule has 0 atom stereocenters. The minimum Gasteiger partial charge on any atom is -0.283 e. The maximum atomic E-state index is 12.7. The molecule has 2 aromatic carbocycles. The molecule has 3 rings (SSSR count). The van der Waals surface area contributed by atoms with Crippen molar-refractivity contribution in [1.29, 1.82) is 0 Å². The van der Waals surface area contributed by atoms with E-state index in [0.29, 0.717) is 15.6 Å². The summed E-state index contributed by atoms with van der Waals surface area (Å²) in [6, 6.07) is 13.5. The van der Waals surface area contributed by atoms with Crippen LogP contribution in [0.1, 0.15) is 15.9 Å². The summed E-state index contributed by atoms with van der Waals surface area (Å²) in [5, 5.41) is 1.69. The Kier molecular flexibility index (Phi) is 3.28. The maximum absolute atomic E-state index is 12.7. The minimum absolute atomic E-state index is 0.232. The van der Waals surface area contributed by atoms with Gasteiger partial charge in [-0.3, -0.25) is 9.36 Å². The van der Waals surface area contributed by atoms with Crippen LogP contribution in [0.5, 0.6) is 0 Å². The fraction of sp³-hybridized carbons (Fsp3) is 0.0625. The van der Waals surface area contributed by atoms with Gasteiger partial charge in [0.25, 0.3) is 5.91 Å². The lowest BCUT2D eigenvalue weighted by Gasteiger charge is -2.07. The van der Waals surface area contributed by atoms with E-state index in [1.54, 1.807) is 35.0 Å². The zero-order valence-corrected chi connectivity index (χ0v) is 12.2. The average molecular weight is 303 g/mol. The fourth-order valence-electron chi connectivity index (χ4n) is 2.27. The molecule has 3 aromatic rings. The Labute approximate surface area is 126 Å². The molecule has 2 nitrogen and oxygen atoms in total. The first-order chi connectivity index (χ1) is 9.59. The molecule has 20 heavy (non-hydrogen) atoms. The molecule has 4 heteroatoms. The van der Waals surface area contributed by atoms with Gasteiger partial charge in [-0.15, -0.1) is 0 Å². The van der Waals surface area contributed by atoms with E-state index in [1.807, 2.05) is 19.1 Å². The number of halogens is 2. The average Bonchev–Trinajstić information content (AvgIpc) is 2.76. The van der Waals surface area contributed by atoms with Crippen LogP contribution in [0.25, 0.3) is 10.9 Å². The number of hydrogen-bond donors (Lipinski definition) is 0. The molecule has 1 aromatic heterocycles. The summed E-state index contributed by atoms with van der Waals surface area (Å²) >= 11 is 12.2. The molecular formula is C16H10Cl2NO. The molecule has 0 amide bonds. The first-order valence-electron chi connectivity index (χ1n) is 6.06. The van der Waals surface area contributed by atoms with Gasteiger partial charge in [0.2, 0.25) is 0 Å². The lowest BCUT2D eigenvalue weighted by atomic mass is 10.2. The third-order valence-electron chi connectivity index (χ3n) is 3.24. The first-order valence-corrected chi connectivity index (χ1v) is 6.81. The van der Waals surface area contributed by atoms with Crippen molar-refractivity contribution in [2.75, 3.05) is 0 Å². The lowest BCUT2D eigenvalue weighted by Crippen LogP contribution is -2.12. The smallest absolute Gasteiger partial charge is 0.265 e. The second-order valence-corrected chi connectivity index (χ2v) is 5.34. The Bertz CT molecular complexity index is 800. The molecule has 1 heterocycles. The summed E-state index contributed by atoms with van der Waals surface area (Å²) in [5.41, 5.74) is 2.15. The zero-order chi connectivity index (χ0) is 14.3. The Balaban J connectivity index is 2.24. The molecule has 0 N–H and O–H groups in total. The van der Waals surface area contributed by atoms with Crippen molar-refractivity contribution in [1.82, 2.24) is 4.57 Å². The molecule has 0 saturated heterocycles. The van der Waals surface area contributed by atoms with E-state index >= 15 is 0 Å². The summed E-state index contributed by atoms with van der Waals surface area (Å²) in [7, 11) is 0. The Morgan fingerprint density at radius 2 is 1.90 bits per heavy atom. The largest absolute Gasteiger partial charge is 0.283 e. The third-order valence-corrected chi connectivity index (χ3v) is 3.87. The summed E-state index contributed by atoms with van der Waals surface area (Å²) in [6.07, 6.45) is 1.79. The summed E-state index contributed by atoms with van der Waals surface area (Å²) in [4.78, 5) is 12.7. The highest BCUT2D eigenvalue weighted by Crippen LogP contribution is 2.28. The van der Waals surface area contributed by atoms with Gasteiger partial charge < -0.3 is 0 Å². The van der Waals surface area contributed by atoms with Gasteiger partial charge >= 0.3 is 0 Å². The monoisotopic (exact) mass is 302 g/mol. The molecule has 0 aliphatic heterocycles. The van der Waals surface area contributed by atoms with Crippen molar-refractivity contribution >= 4 is 40.0 Å². The maximum Gasteiger partial charge on any atom is 0.265 e. The number of hydrogen-bond acceptors (Lipinski definition) is 1. The lowest BCUT2D eigenvalue weighted by molar-refractivity contribution is 0.0965. The Hall–Kier alpha value is -1.77. The molecule has 1 radical (unpaired) electrons. The highest BCUT2D eigenvalue weighted by atomic mass is 35.5. The van der Waals surface area contributed by atoms with Crippen molar-refractivity contribution in [2.24, 2.45) is 0 Å². The quantitative estimate of drug-likeness (QED) is 0.636. The Morgan fingerprint density at radius 1 is 1.20 bits per heavy atom. The van der Waals surface area contributed by atoms with Crippen LogP contribution in [-0.2, 0) is 0 Å². The molecule has 0 saturated carbocycles. The van der Waals surface area contributed by atoms with Gasteiger partial charge in [-0.25, -0.2) is 0 Å². The number of aryl methyl sites for hydroxylation is 1. The molecule has 0 aliphatic carbocycles.